The lowest BCUT2D eigenvalue weighted by molar-refractivity contribution is 0.656. The van der Waals surface area contributed by atoms with Gasteiger partial charge in [-0.1, -0.05) is 146 Å². The average Bonchev–Trinajstić information content (AvgIpc) is 3.83. The van der Waals surface area contributed by atoms with E-state index in [1.165, 1.54) is 0 Å². The summed E-state index contributed by atoms with van der Waals surface area (Å²) in [7, 11) is 0. The fraction of sp³-hybridized carbons (Fsp3) is 0. The highest BCUT2D eigenvalue weighted by Gasteiger charge is 2.18. The zero-order chi connectivity index (χ0) is 37.0. The van der Waals surface area contributed by atoms with E-state index in [0.29, 0.717) is 17.5 Å². The summed E-state index contributed by atoms with van der Waals surface area (Å²) in [5.74, 6) is 1.87. The maximum atomic E-state index is 6.43. The summed E-state index contributed by atoms with van der Waals surface area (Å²) in [6.45, 7) is 0. The van der Waals surface area contributed by atoms with E-state index < -0.39 is 0 Å². The molecule has 0 aliphatic heterocycles. The smallest absolute Gasteiger partial charge is 0.164 e. The molecule has 8 aromatic carbocycles. The predicted octanol–water partition coefficient (Wildman–Crippen LogP) is 13.7. The molecule has 0 bridgehead atoms. The molecule has 56 heavy (non-hydrogen) atoms. The Balaban J connectivity index is 1.01. The molecule has 11 aromatic rings. The number of rotatable bonds is 6. The fourth-order valence-electron chi connectivity index (χ4n) is 7.81. The van der Waals surface area contributed by atoms with Crippen molar-refractivity contribution in [3.63, 3.8) is 0 Å². The molecular weight excluding hydrogens is 687 g/mol. The molecule has 0 N–H and O–H groups in total. The van der Waals surface area contributed by atoms with Gasteiger partial charge in [0.1, 0.15) is 22.3 Å². The molecule has 0 aliphatic carbocycles. The topological polar surface area (TPSA) is 65.0 Å². The molecule has 0 aliphatic rings. The van der Waals surface area contributed by atoms with Crippen LogP contribution >= 0.6 is 0 Å². The summed E-state index contributed by atoms with van der Waals surface area (Å²) < 4.78 is 12.6. The highest BCUT2D eigenvalue weighted by atomic mass is 16.3. The van der Waals surface area contributed by atoms with Gasteiger partial charge in [-0.2, -0.15) is 0 Å². The van der Waals surface area contributed by atoms with Crippen LogP contribution in [0.2, 0.25) is 0 Å². The second-order valence-electron chi connectivity index (χ2n) is 14.0. The lowest BCUT2D eigenvalue weighted by Gasteiger charge is -2.11. The summed E-state index contributed by atoms with van der Waals surface area (Å²) in [5, 5.41) is 4.33. The summed E-state index contributed by atoms with van der Waals surface area (Å²) in [6.07, 6.45) is 0. The molecule has 262 valence electrons. The molecule has 0 saturated heterocycles. The molecule has 11 rings (SSSR count). The average molecular weight is 718 g/mol. The van der Waals surface area contributed by atoms with Crippen LogP contribution in [-0.4, -0.2) is 15.0 Å². The van der Waals surface area contributed by atoms with Crippen molar-refractivity contribution >= 4 is 43.9 Å². The lowest BCUT2D eigenvalue weighted by atomic mass is 9.95. The van der Waals surface area contributed by atoms with Gasteiger partial charge in [0, 0.05) is 44.3 Å². The second kappa shape index (κ2) is 13.0. The van der Waals surface area contributed by atoms with Gasteiger partial charge >= 0.3 is 0 Å². The minimum absolute atomic E-state index is 0.615. The molecule has 0 saturated carbocycles. The minimum atomic E-state index is 0.615. The highest BCUT2D eigenvalue weighted by Crippen LogP contribution is 2.41. The first-order valence-corrected chi connectivity index (χ1v) is 18.7. The Kier molecular flexibility index (Phi) is 7.42. The van der Waals surface area contributed by atoms with E-state index in [0.717, 1.165) is 93.9 Å². The number of aromatic nitrogens is 3. The van der Waals surface area contributed by atoms with Crippen molar-refractivity contribution in [3.8, 4) is 67.5 Å². The number of para-hydroxylation sites is 1. The third-order valence-electron chi connectivity index (χ3n) is 10.5. The van der Waals surface area contributed by atoms with Crippen LogP contribution in [0.5, 0.6) is 0 Å². The van der Waals surface area contributed by atoms with Crippen LogP contribution in [0.25, 0.3) is 111 Å². The van der Waals surface area contributed by atoms with Gasteiger partial charge < -0.3 is 8.83 Å². The van der Waals surface area contributed by atoms with Gasteiger partial charge in [0.05, 0.1) is 0 Å². The normalized spacial score (nSPS) is 11.6. The van der Waals surface area contributed by atoms with Crippen LogP contribution in [0, 0.1) is 0 Å². The van der Waals surface area contributed by atoms with Crippen molar-refractivity contribution in [2.24, 2.45) is 0 Å². The van der Waals surface area contributed by atoms with Gasteiger partial charge in [-0.15, -0.1) is 0 Å². The number of benzene rings is 8. The number of furan rings is 2. The molecule has 0 amide bonds. The van der Waals surface area contributed by atoms with E-state index in [-0.39, 0.29) is 0 Å². The molecule has 3 aromatic heterocycles. The number of nitrogens with zero attached hydrogens (tertiary/aromatic N) is 3. The Bertz CT molecular complexity index is 3250. The summed E-state index contributed by atoms with van der Waals surface area (Å²) in [4.78, 5) is 15.1. The van der Waals surface area contributed by atoms with Gasteiger partial charge in [0.2, 0.25) is 0 Å². The molecule has 0 spiro atoms. The van der Waals surface area contributed by atoms with Crippen LogP contribution in [0.4, 0.5) is 0 Å². The molecule has 5 nitrogen and oxygen atoms in total. The van der Waals surface area contributed by atoms with Crippen molar-refractivity contribution in [1.82, 2.24) is 15.0 Å². The van der Waals surface area contributed by atoms with Crippen molar-refractivity contribution in [3.05, 3.63) is 188 Å². The lowest BCUT2D eigenvalue weighted by Crippen LogP contribution is -2.00. The second-order valence-corrected chi connectivity index (χ2v) is 14.0. The van der Waals surface area contributed by atoms with E-state index in [4.69, 9.17) is 23.8 Å². The molecule has 5 heteroatoms. The van der Waals surface area contributed by atoms with E-state index in [9.17, 15) is 0 Å². The Morgan fingerprint density at radius 2 is 0.732 bits per heavy atom. The molecule has 0 atom stereocenters. The maximum Gasteiger partial charge on any atom is 0.164 e. The van der Waals surface area contributed by atoms with Crippen molar-refractivity contribution in [2.45, 2.75) is 0 Å². The van der Waals surface area contributed by atoms with Gasteiger partial charge in [-0.25, -0.2) is 15.0 Å². The Labute approximate surface area is 322 Å². The van der Waals surface area contributed by atoms with Crippen LogP contribution in [0.15, 0.2) is 197 Å². The highest BCUT2D eigenvalue weighted by molar-refractivity contribution is 6.18. The standard InChI is InChI=1S/C51H31N3O2/c1-3-13-32(14-4-1)34-17-10-21-38(28-34)50-52-49(33-15-5-2-6-16-33)53-51(54-50)39-22-11-19-36(29-39)35-18-9-20-37(27-35)40-24-12-26-45-48(40)43-30-42-41-23-7-8-25-44(41)55-46(42)31-47(43)56-45/h1-31H. The molecule has 0 unspecified atom stereocenters. The van der Waals surface area contributed by atoms with Gasteiger partial charge in [0.15, 0.2) is 17.5 Å². The van der Waals surface area contributed by atoms with Crippen molar-refractivity contribution in [2.75, 3.05) is 0 Å². The third-order valence-corrected chi connectivity index (χ3v) is 10.5. The van der Waals surface area contributed by atoms with Crippen LogP contribution < -0.4 is 0 Å². The predicted molar refractivity (Wildman–Crippen MR) is 227 cm³/mol. The van der Waals surface area contributed by atoms with Crippen LogP contribution in [-0.2, 0) is 0 Å². The molecule has 0 fully saturated rings. The summed E-state index contributed by atoms with van der Waals surface area (Å²) in [6, 6.07) is 64.7. The van der Waals surface area contributed by atoms with Crippen molar-refractivity contribution < 1.29 is 8.83 Å². The minimum Gasteiger partial charge on any atom is -0.456 e. The SMILES string of the molecule is c1ccc(-c2cccc(-c3nc(-c4ccccc4)nc(-c4cccc(-c5cccc(-c6cccc7oc8cc9oc%10ccccc%10c9cc8c67)c5)c4)n3)c2)cc1. The Morgan fingerprint density at radius 3 is 1.43 bits per heavy atom. The molecular formula is C51H31N3O2. The number of hydrogen-bond acceptors (Lipinski definition) is 5. The quantitative estimate of drug-likeness (QED) is 0.171. The summed E-state index contributed by atoms with van der Waals surface area (Å²) in [5.41, 5.74) is 12.7. The van der Waals surface area contributed by atoms with Gasteiger partial charge in [-0.05, 0) is 69.8 Å². The first-order valence-electron chi connectivity index (χ1n) is 18.7. The zero-order valence-electron chi connectivity index (χ0n) is 30.1. The van der Waals surface area contributed by atoms with Gasteiger partial charge in [0.25, 0.3) is 0 Å². The van der Waals surface area contributed by atoms with E-state index in [1.807, 2.05) is 66.7 Å². The fourth-order valence-corrected chi connectivity index (χ4v) is 7.81. The first kappa shape index (κ1) is 31.9. The first-order chi connectivity index (χ1) is 27.7. The maximum absolute atomic E-state index is 6.43. The Morgan fingerprint density at radius 1 is 0.268 bits per heavy atom. The monoisotopic (exact) mass is 717 g/mol. The van der Waals surface area contributed by atoms with Gasteiger partial charge in [-0.3, -0.25) is 0 Å². The number of hydrogen-bond donors (Lipinski definition) is 0. The van der Waals surface area contributed by atoms with E-state index in [2.05, 4.69) is 121 Å². The summed E-state index contributed by atoms with van der Waals surface area (Å²) >= 11 is 0. The van der Waals surface area contributed by atoms with Crippen LogP contribution in [0.1, 0.15) is 0 Å². The number of fused-ring (bicyclic) bond motifs is 6. The Hall–Kier alpha value is -7.63. The molecule has 0 radical (unpaired) electrons. The zero-order valence-corrected chi connectivity index (χ0v) is 30.1. The van der Waals surface area contributed by atoms with Crippen molar-refractivity contribution in [1.29, 1.82) is 0 Å². The van der Waals surface area contributed by atoms with E-state index >= 15 is 0 Å². The largest absolute Gasteiger partial charge is 0.456 e. The van der Waals surface area contributed by atoms with E-state index in [1.54, 1.807) is 0 Å². The molecule has 3 heterocycles. The third kappa shape index (κ3) is 5.53. The van der Waals surface area contributed by atoms with Crippen LogP contribution in [0.3, 0.4) is 0 Å².